The molecule has 1 amide bonds. The molecule has 1 aromatic carbocycles. The van der Waals surface area contributed by atoms with Gasteiger partial charge in [0.05, 0.1) is 4.92 Å². The molecule has 0 fully saturated rings. The summed E-state index contributed by atoms with van der Waals surface area (Å²) in [5.74, 6) is -1.32. The van der Waals surface area contributed by atoms with Crippen LogP contribution in [0, 0.1) is 15.9 Å². The second kappa shape index (κ2) is 5.76. The van der Waals surface area contributed by atoms with E-state index in [0.717, 1.165) is 18.2 Å². The summed E-state index contributed by atoms with van der Waals surface area (Å²) in [4.78, 5) is 22.6. The molecule has 0 aliphatic carbocycles. The van der Waals surface area contributed by atoms with Crippen molar-refractivity contribution in [2.75, 3.05) is 5.32 Å². The number of rotatable bonds is 4. The van der Waals surface area contributed by atoms with Crippen molar-refractivity contribution >= 4 is 28.6 Å². The monoisotopic (exact) mass is 295 g/mol. The quantitative estimate of drug-likeness (QED) is 0.668. The molecule has 0 saturated carbocycles. The van der Waals surface area contributed by atoms with Gasteiger partial charge in [0, 0.05) is 17.0 Å². The normalized spacial score (nSPS) is 11.9. The number of carbonyl (C=O) groups excluding carboxylic acids is 1. The van der Waals surface area contributed by atoms with E-state index in [1.165, 1.54) is 11.3 Å². The third kappa shape index (κ3) is 2.98. The van der Waals surface area contributed by atoms with Crippen molar-refractivity contribution in [3.8, 4) is 0 Å². The number of anilines is 1. The van der Waals surface area contributed by atoms with Crippen LogP contribution in [0.2, 0.25) is 0 Å². The van der Waals surface area contributed by atoms with Crippen LogP contribution in [0.5, 0.6) is 0 Å². The van der Waals surface area contributed by atoms with E-state index in [1.807, 2.05) is 0 Å². The van der Waals surface area contributed by atoms with Gasteiger partial charge in [-0.3, -0.25) is 14.9 Å². The molecule has 8 heteroatoms. The first-order chi connectivity index (χ1) is 9.49. The van der Waals surface area contributed by atoms with Crippen LogP contribution < -0.4 is 11.1 Å². The Morgan fingerprint density at radius 2 is 2.20 bits per heavy atom. The molecule has 0 radical (unpaired) electrons. The summed E-state index contributed by atoms with van der Waals surface area (Å²) in [6.07, 6.45) is 0. The molecule has 6 nitrogen and oxygen atoms in total. The molecule has 1 aromatic heterocycles. The number of halogens is 1. The smallest absolute Gasteiger partial charge is 0.292 e. The maximum absolute atomic E-state index is 13.1. The van der Waals surface area contributed by atoms with Gasteiger partial charge in [-0.1, -0.05) is 6.07 Å². The van der Waals surface area contributed by atoms with Gasteiger partial charge in [-0.25, -0.2) is 4.39 Å². The van der Waals surface area contributed by atoms with Crippen molar-refractivity contribution in [3.05, 3.63) is 56.5 Å². The summed E-state index contributed by atoms with van der Waals surface area (Å²) < 4.78 is 13.1. The molecule has 1 heterocycles. The summed E-state index contributed by atoms with van der Waals surface area (Å²) in [5, 5.41) is 14.9. The molecule has 0 spiro atoms. The highest BCUT2D eigenvalue weighted by Gasteiger charge is 2.21. The third-order valence-electron chi connectivity index (χ3n) is 2.55. The van der Waals surface area contributed by atoms with Crippen LogP contribution in [0.4, 0.5) is 15.8 Å². The highest BCUT2D eigenvalue weighted by atomic mass is 32.1. The number of nitrogens with zero attached hydrogens (tertiary/aromatic N) is 1. The predicted molar refractivity (Wildman–Crippen MR) is 72.9 cm³/mol. The zero-order valence-corrected chi connectivity index (χ0v) is 10.9. The topological polar surface area (TPSA) is 98.3 Å². The Kier molecular flexibility index (Phi) is 4.06. The Morgan fingerprint density at radius 1 is 1.45 bits per heavy atom. The molecular formula is C12H10FN3O3S. The zero-order chi connectivity index (χ0) is 14.7. The number of thiophene rings is 1. The number of nitro groups is 1. The average molecular weight is 295 g/mol. The van der Waals surface area contributed by atoms with Crippen LogP contribution in [0.1, 0.15) is 10.9 Å². The number of nitro benzene ring substituents is 1. The van der Waals surface area contributed by atoms with E-state index in [2.05, 4.69) is 5.32 Å². The Bertz CT molecular complexity index is 645. The Labute approximate surface area is 117 Å². The highest BCUT2D eigenvalue weighted by Crippen LogP contribution is 2.26. The van der Waals surface area contributed by atoms with Crippen LogP contribution in [0.15, 0.2) is 35.7 Å². The fourth-order valence-electron chi connectivity index (χ4n) is 1.58. The lowest BCUT2D eigenvalue weighted by Crippen LogP contribution is -2.27. The van der Waals surface area contributed by atoms with Crippen molar-refractivity contribution < 1.29 is 14.1 Å². The number of amides is 1. The molecule has 20 heavy (non-hydrogen) atoms. The number of hydrogen-bond acceptors (Lipinski definition) is 5. The van der Waals surface area contributed by atoms with Gasteiger partial charge in [-0.05, 0) is 17.5 Å². The minimum atomic E-state index is -0.960. The van der Waals surface area contributed by atoms with Crippen LogP contribution >= 0.6 is 11.3 Å². The van der Waals surface area contributed by atoms with E-state index in [-0.39, 0.29) is 5.69 Å². The lowest BCUT2D eigenvalue weighted by Gasteiger charge is -2.11. The summed E-state index contributed by atoms with van der Waals surface area (Å²) >= 11 is 1.29. The van der Waals surface area contributed by atoms with E-state index in [1.54, 1.807) is 17.5 Å². The molecule has 1 atom stereocenters. The van der Waals surface area contributed by atoms with Crippen molar-refractivity contribution in [1.82, 2.24) is 0 Å². The van der Waals surface area contributed by atoms with Crippen molar-refractivity contribution in [3.63, 3.8) is 0 Å². The van der Waals surface area contributed by atoms with Gasteiger partial charge in [-0.15, -0.1) is 11.3 Å². The maximum atomic E-state index is 13.1. The van der Waals surface area contributed by atoms with Gasteiger partial charge in [0.2, 0.25) is 5.91 Å². The van der Waals surface area contributed by atoms with Crippen molar-refractivity contribution in [2.45, 2.75) is 6.04 Å². The Morgan fingerprint density at radius 3 is 2.80 bits per heavy atom. The molecule has 0 bridgehead atoms. The van der Waals surface area contributed by atoms with E-state index in [0.29, 0.717) is 4.88 Å². The second-order valence-electron chi connectivity index (χ2n) is 3.90. The van der Waals surface area contributed by atoms with Crippen molar-refractivity contribution in [2.24, 2.45) is 5.73 Å². The molecule has 0 aliphatic heterocycles. The van der Waals surface area contributed by atoms with Gasteiger partial charge >= 0.3 is 0 Å². The first kappa shape index (κ1) is 14.1. The SMILES string of the molecule is NC(C(=O)Nc1cc(F)ccc1[N+](=O)[O-])c1cccs1. The molecule has 0 saturated heterocycles. The van der Waals surface area contributed by atoms with Crippen LogP contribution in [-0.4, -0.2) is 10.8 Å². The van der Waals surface area contributed by atoms with Crippen LogP contribution in [0.25, 0.3) is 0 Å². The minimum absolute atomic E-state index is 0.216. The van der Waals surface area contributed by atoms with Gasteiger partial charge in [-0.2, -0.15) is 0 Å². The molecule has 2 rings (SSSR count). The van der Waals surface area contributed by atoms with Crippen LogP contribution in [-0.2, 0) is 4.79 Å². The molecular weight excluding hydrogens is 285 g/mol. The molecule has 2 aromatic rings. The first-order valence-electron chi connectivity index (χ1n) is 5.53. The lowest BCUT2D eigenvalue weighted by molar-refractivity contribution is -0.384. The summed E-state index contributed by atoms with van der Waals surface area (Å²) in [6, 6.07) is 5.27. The lowest BCUT2D eigenvalue weighted by atomic mass is 10.2. The number of benzene rings is 1. The average Bonchev–Trinajstić information content (AvgIpc) is 2.91. The number of hydrogen-bond donors (Lipinski definition) is 2. The first-order valence-corrected chi connectivity index (χ1v) is 6.41. The molecule has 104 valence electrons. The number of carbonyl (C=O) groups is 1. The van der Waals surface area contributed by atoms with Gasteiger partial charge in [0.1, 0.15) is 17.5 Å². The summed E-state index contributed by atoms with van der Waals surface area (Å²) in [6.45, 7) is 0. The number of nitrogens with two attached hydrogens (primary N) is 1. The molecule has 1 unspecified atom stereocenters. The Hall–Kier alpha value is -2.32. The van der Waals surface area contributed by atoms with E-state index >= 15 is 0 Å². The van der Waals surface area contributed by atoms with E-state index < -0.39 is 28.4 Å². The standard InChI is InChI=1S/C12H10FN3O3S/c13-7-3-4-9(16(18)19)8(6-7)15-12(17)11(14)10-2-1-5-20-10/h1-6,11H,14H2,(H,15,17). The zero-order valence-electron chi connectivity index (χ0n) is 10.1. The summed E-state index contributed by atoms with van der Waals surface area (Å²) in [5.41, 5.74) is 5.12. The van der Waals surface area contributed by atoms with E-state index in [9.17, 15) is 19.3 Å². The predicted octanol–water partition coefficient (Wildman–Crippen LogP) is 2.43. The maximum Gasteiger partial charge on any atom is 0.292 e. The fourth-order valence-corrected chi connectivity index (χ4v) is 2.30. The number of nitrogens with one attached hydrogen (secondary N) is 1. The Balaban J connectivity index is 2.23. The summed E-state index contributed by atoms with van der Waals surface area (Å²) in [7, 11) is 0. The molecule has 0 aliphatic rings. The van der Waals surface area contributed by atoms with Gasteiger partial charge in [0.25, 0.3) is 5.69 Å². The van der Waals surface area contributed by atoms with Crippen molar-refractivity contribution in [1.29, 1.82) is 0 Å². The van der Waals surface area contributed by atoms with Crippen LogP contribution in [0.3, 0.4) is 0 Å². The van der Waals surface area contributed by atoms with E-state index in [4.69, 9.17) is 5.73 Å². The highest BCUT2D eigenvalue weighted by molar-refractivity contribution is 7.10. The second-order valence-corrected chi connectivity index (χ2v) is 4.88. The molecule has 3 N–H and O–H groups in total. The third-order valence-corrected chi connectivity index (χ3v) is 3.50. The largest absolute Gasteiger partial charge is 0.319 e. The van der Waals surface area contributed by atoms with Gasteiger partial charge in [0.15, 0.2) is 0 Å². The van der Waals surface area contributed by atoms with Gasteiger partial charge < -0.3 is 11.1 Å². The minimum Gasteiger partial charge on any atom is -0.319 e. The fraction of sp³-hybridized carbons (Fsp3) is 0.0833.